The maximum Gasteiger partial charge on any atom is 0.332 e. The van der Waals surface area contributed by atoms with Crippen LogP contribution in [-0.4, -0.2) is 55.8 Å². The molecule has 1 rings (SSSR count). The van der Waals surface area contributed by atoms with Crippen LogP contribution >= 0.6 is 0 Å². The Labute approximate surface area is 93.8 Å². The average Bonchev–Trinajstić information content (AvgIpc) is 2.29. The van der Waals surface area contributed by atoms with Gasteiger partial charge in [0.2, 0.25) is 0 Å². The molecule has 1 atom stereocenters. The predicted molar refractivity (Wildman–Crippen MR) is 55.1 cm³/mol. The smallest absolute Gasteiger partial charge is 0.332 e. The minimum atomic E-state index is -1.28. The number of nitrogens with zero attached hydrogens (tertiary/aromatic N) is 1. The van der Waals surface area contributed by atoms with Crippen molar-refractivity contribution in [1.29, 1.82) is 0 Å². The van der Waals surface area contributed by atoms with Gasteiger partial charge in [0.25, 0.3) is 5.91 Å². The van der Waals surface area contributed by atoms with Crippen molar-refractivity contribution in [1.82, 2.24) is 10.4 Å². The zero-order valence-corrected chi connectivity index (χ0v) is 9.27. The average molecular weight is 231 g/mol. The summed E-state index contributed by atoms with van der Waals surface area (Å²) in [6, 6.07) is -1.28. The first-order valence-electron chi connectivity index (χ1n) is 5.20. The number of carbonyl (C=O) groups excluding carboxylic acids is 2. The van der Waals surface area contributed by atoms with Crippen LogP contribution in [0, 0.1) is 0 Å². The van der Waals surface area contributed by atoms with Crippen molar-refractivity contribution in [2.75, 3.05) is 32.9 Å². The third-order valence-electron chi connectivity index (χ3n) is 2.10. The van der Waals surface area contributed by atoms with Gasteiger partial charge in [0.15, 0.2) is 6.04 Å². The van der Waals surface area contributed by atoms with Crippen LogP contribution in [-0.2, 0) is 19.1 Å². The van der Waals surface area contributed by atoms with E-state index in [1.807, 2.05) is 0 Å². The van der Waals surface area contributed by atoms with E-state index in [-0.39, 0.29) is 6.61 Å². The molecule has 0 radical (unpaired) electrons. The SMILES string of the molecule is CCOC(=O)C(N)C(=O)NN1CCOCC1. The van der Waals surface area contributed by atoms with E-state index < -0.39 is 17.9 Å². The number of morpholine rings is 1. The monoisotopic (exact) mass is 231 g/mol. The maximum absolute atomic E-state index is 11.5. The van der Waals surface area contributed by atoms with E-state index in [1.165, 1.54) is 0 Å². The summed E-state index contributed by atoms with van der Waals surface area (Å²) >= 11 is 0. The van der Waals surface area contributed by atoms with Gasteiger partial charge in [-0.05, 0) is 6.92 Å². The minimum Gasteiger partial charge on any atom is -0.464 e. The summed E-state index contributed by atoms with van der Waals surface area (Å²) in [5, 5.41) is 1.67. The van der Waals surface area contributed by atoms with E-state index in [9.17, 15) is 9.59 Å². The van der Waals surface area contributed by atoms with Gasteiger partial charge in [-0.2, -0.15) is 0 Å². The number of nitrogens with two attached hydrogens (primary N) is 1. The van der Waals surface area contributed by atoms with Crippen LogP contribution < -0.4 is 11.2 Å². The summed E-state index contributed by atoms with van der Waals surface area (Å²) < 4.78 is 9.76. The Hall–Kier alpha value is -1.18. The predicted octanol–water partition coefficient (Wildman–Crippen LogP) is -1.76. The minimum absolute atomic E-state index is 0.206. The second-order valence-electron chi connectivity index (χ2n) is 3.31. The first kappa shape index (κ1) is 12.9. The number of nitrogens with one attached hydrogen (secondary N) is 1. The fraction of sp³-hybridized carbons (Fsp3) is 0.778. The molecule has 7 heteroatoms. The van der Waals surface area contributed by atoms with Crippen LogP contribution in [0.2, 0.25) is 0 Å². The van der Waals surface area contributed by atoms with Crippen molar-refractivity contribution >= 4 is 11.9 Å². The van der Waals surface area contributed by atoms with Crippen LogP contribution in [0.4, 0.5) is 0 Å². The normalized spacial score (nSPS) is 18.9. The van der Waals surface area contributed by atoms with Gasteiger partial charge in [0.1, 0.15) is 0 Å². The van der Waals surface area contributed by atoms with E-state index in [0.717, 1.165) is 0 Å². The molecule has 92 valence electrons. The van der Waals surface area contributed by atoms with Crippen LogP contribution in [0.15, 0.2) is 0 Å². The van der Waals surface area contributed by atoms with E-state index in [2.05, 4.69) is 10.2 Å². The number of hydrogen-bond acceptors (Lipinski definition) is 6. The Balaban J connectivity index is 2.35. The summed E-state index contributed by atoms with van der Waals surface area (Å²) in [6.45, 7) is 4.13. The molecule has 3 N–H and O–H groups in total. The quantitative estimate of drug-likeness (QED) is 0.440. The van der Waals surface area contributed by atoms with Crippen molar-refractivity contribution in [2.24, 2.45) is 5.73 Å². The van der Waals surface area contributed by atoms with Gasteiger partial charge in [-0.25, -0.2) is 9.80 Å². The zero-order valence-electron chi connectivity index (χ0n) is 9.27. The number of carbonyl (C=O) groups is 2. The third kappa shape index (κ3) is 3.76. The lowest BCUT2D eigenvalue weighted by atomic mass is 10.3. The Morgan fingerprint density at radius 2 is 2.12 bits per heavy atom. The molecule has 0 bridgehead atoms. The second kappa shape index (κ2) is 6.41. The Morgan fingerprint density at radius 3 is 2.69 bits per heavy atom. The first-order chi connectivity index (χ1) is 7.65. The topological polar surface area (TPSA) is 93.9 Å². The summed E-state index contributed by atoms with van der Waals surface area (Å²) in [5.74, 6) is -1.27. The molecule has 0 aromatic carbocycles. The number of rotatable bonds is 4. The van der Waals surface area contributed by atoms with Gasteiger partial charge in [-0.15, -0.1) is 0 Å². The maximum atomic E-state index is 11.5. The van der Waals surface area contributed by atoms with Crippen molar-refractivity contribution in [3.05, 3.63) is 0 Å². The molecule has 1 unspecified atom stereocenters. The highest BCUT2D eigenvalue weighted by Gasteiger charge is 2.25. The second-order valence-corrected chi connectivity index (χ2v) is 3.31. The molecule has 0 spiro atoms. The molecular weight excluding hydrogens is 214 g/mol. The van der Waals surface area contributed by atoms with Crippen LogP contribution in [0.25, 0.3) is 0 Å². The standard InChI is InChI=1S/C9H17N3O4/c1-2-16-9(14)7(10)8(13)11-12-3-5-15-6-4-12/h7H,2-6,10H2,1H3,(H,11,13). The molecule has 0 aromatic rings. The van der Waals surface area contributed by atoms with Crippen molar-refractivity contribution < 1.29 is 19.1 Å². The highest BCUT2D eigenvalue weighted by Crippen LogP contribution is 1.94. The molecule has 1 amide bonds. The number of hydrogen-bond donors (Lipinski definition) is 2. The van der Waals surface area contributed by atoms with Gasteiger partial charge >= 0.3 is 5.97 Å². The first-order valence-corrected chi connectivity index (χ1v) is 5.20. The molecule has 7 nitrogen and oxygen atoms in total. The molecule has 1 aliphatic heterocycles. The molecule has 1 heterocycles. The molecule has 0 saturated carbocycles. The largest absolute Gasteiger partial charge is 0.464 e. The number of hydrazine groups is 1. The van der Waals surface area contributed by atoms with E-state index in [4.69, 9.17) is 10.5 Å². The van der Waals surface area contributed by atoms with Gasteiger partial charge in [0, 0.05) is 13.1 Å². The van der Waals surface area contributed by atoms with Crippen LogP contribution in [0.3, 0.4) is 0 Å². The summed E-state index contributed by atoms with van der Waals surface area (Å²) in [6.07, 6.45) is 0. The van der Waals surface area contributed by atoms with Crippen molar-refractivity contribution in [3.63, 3.8) is 0 Å². The van der Waals surface area contributed by atoms with E-state index in [1.54, 1.807) is 11.9 Å². The number of ether oxygens (including phenoxy) is 2. The summed E-state index contributed by atoms with van der Waals surface area (Å²) in [5.41, 5.74) is 7.97. The molecule has 16 heavy (non-hydrogen) atoms. The molecule has 0 aromatic heterocycles. The summed E-state index contributed by atoms with van der Waals surface area (Å²) in [7, 11) is 0. The molecule has 1 aliphatic rings. The highest BCUT2D eigenvalue weighted by molar-refractivity contribution is 6.01. The van der Waals surface area contributed by atoms with Crippen LogP contribution in [0.5, 0.6) is 0 Å². The van der Waals surface area contributed by atoms with Gasteiger partial charge < -0.3 is 15.2 Å². The third-order valence-corrected chi connectivity index (χ3v) is 2.10. The molecule has 0 aliphatic carbocycles. The highest BCUT2D eigenvalue weighted by atomic mass is 16.5. The van der Waals surface area contributed by atoms with Gasteiger partial charge in [-0.1, -0.05) is 0 Å². The Morgan fingerprint density at radius 1 is 1.50 bits per heavy atom. The van der Waals surface area contributed by atoms with E-state index in [0.29, 0.717) is 26.3 Å². The molecule has 1 saturated heterocycles. The fourth-order valence-corrected chi connectivity index (χ4v) is 1.24. The fourth-order valence-electron chi connectivity index (χ4n) is 1.24. The Bertz CT molecular complexity index is 253. The lowest BCUT2D eigenvalue weighted by molar-refractivity contribution is -0.149. The molecular formula is C9H17N3O4. The lowest BCUT2D eigenvalue weighted by Crippen LogP contribution is -2.55. The van der Waals surface area contributed by atoms with E-state index >= 15 is 0 Å². The van der Waals surface area contributed by atoms with Crippen molar-refractivity contribution in [2.45, 2.75) is 13.0 Å². The van der Waals surface area contributed by atoms with Crippen molar-refractivity contribution in [3.8, 4) is 0 Å². The van der Waals surface area contributed by atoms with Crippen LogP contribution in [0.1, 0.15) is 6.92 Å². The number of esters is 1. The number of amides is 1. The van der Waals surface area contributed by atoms with Gasteiger partial charge in [0.05, 0.1) is 19.8 Å². The molecule has 1 fully saturated rings. The zero-order chi connectivity index (χ0) is 12.0. The lowest BCUT2D eigenvalue weighted by Gasteiger charge is -2.27. The summed E-state index contributed by atoms with van der Waals surface area (Å²) in [4.78, 5) is 22.7. The van der Waals surface area contributed by atoms with Gasteiger partial charge in [-0.3, -0.25) is 10.2 Å². The Kier molecular flexibility index (Phi) is 5.17.